The van der Waals surface area contributed by atoms with E-state index in [0.29, 0.717) is 25.8 Å². The molecule has 0 aromatic carbocycles. The number of nitrogens with two attached hydrogens (primary N) is 3. The Labute approximate surface area is 182 Å². The fourth-order valence-corrected chi connectivity index (χ4v) is 2.54. The molecule has 13 heteroatoms. The first kappa shape index (κ1) is 27.6. The van der Waals surface area contributed by atoms with Gasteiger partial charge in [-0.3, -0.25) is 19.4 Å². The largest absolute Gasteiger partial charge is 0.370 e. The molecular formula is C18H35N9O4. The molecule has 13 nitrogen and oxygen atoms in total. The number of hydrogen-bond donors (Lipinski definition) is 7. The van der Waals surface area contributed by atoms with Crippen LogP contribution in [0.1, 0.15) is 46.5 Å². The van der Waals surface area contributed by atoms with Crippen molar-refractivity contribution in [1.82, 2.24) is 21.4 Å². The molecule has 0 bridgehead atoms. The third kappa shape index (κ3) is 16.1. The second-order valence-electron chi connectivity index (χ2n) is 7.30. The van der Waals surface area contributed by atoms with E-state index < -0.39 is 18.1 Å². The topological polar surface area (TPSA) is 219 Å². The summed E-state index contributed by atoms with van der Waals surface area (Å²) >= 11 is 0. The maximum absolute atomic E-state index is 12.3. The van der Waals surface area contributed by atoms with Crippen molar-refractivity contribution in [2.45, 2.75) is 58.5 Å². The molecule has 0 saturated heterocycles. The van der Waals surface area contributed by atoms with Crippen molar-refractivity contribution < 1.29 is 19.2 Å². The SMILES string of the molecule is CC(=O)N[C@@H](CC(C)C)C(=O)NCCC(=O)N[C@@H](CCCN=C(N)N)/[13CH]=N/NC(N)=O. The minimum atomic E-state index is -0.834. The average molecular weight is 443 g/mol. The van der Waals surface area contributed by atoms with Gasteiger partial charge in [0, 0.05) is 32.6 Å². The molecule has 0 rings (SSSR count). The molecule has 176 valence electrons. The van der Waals surface area contributed by atoms with Crippen molar-refractivity contribution in [3.63, 3.8) is 0 Å². The van der Waals surface area contributed by atoms with Gasteiger partial charge in [0.1, 0.15) is 6.04 Å². The van der Waals surface area contributed by atoms with E-state index in [9.17, 15) is 19.2 Å². The Hall–Kier alpha value is -3.38. The lowest BCUT2D eigenvalue weighted by Crippen LogP contribution is -2.47. The molecule has 2 atom stereocenters. The van der Waals surface area contributed by atoms with Crippen molar-refractivity contribution in [2.24, 2.45) is 33.2 Å². The number of hydrazone groups is 1. The Kier molecular flexibility index (Phi) is 13.8. The lowest BCUT2D eigenvalue weighted by atomic mass is 10.0. The van der Waals surface area contributed by atoms with Gasteiger partial charge in [0.25, 0.3) is 0 Å². The summed E-state index contributed by atoms with van der Waals surface area (Å²) in [5.74, 6) is -0.810. The zero-order valence-electron chi connectivity index (χ0n) is 18.3. The smallest absolute Gasteiger partial charge is 0.332 e. The number of hydrogen-bond acceptors (Lipinski definition) is 6. The number of carbonyl (C=O) groups is 4. The number of nitrogens with one attached hydrogen (secondary N) is 4. The summed E-state index contributed by atoms with van der Waals surface area (Å²) in [4.78, 5) is 50.4. The van der Waals surface area contributed by atoms with E-state index >= 15 is 0 Å². The highest BCUT2D eigenvalue weighted by molar-refractivity contribution is 5.87. The summed E-state index contributed by atoms with van der Waals surface area (Å²) in [6.07, 6.45) is 2.85. The number of primary amides is 1. The Bertz CT molecular complexity index is 660. The zero-order chi connectivity index (χ0) is 23.8. The molecule has 0 saturated carbocycles. The van der Waals surface area contributed by atoms with Crippen LogP contribution < -0.4 is 38.6 Å². The van der Waals surface area contributed by atoms with Crippen LogP contribution in [0.4, 0.5) is 4.79 Å². The Morgan fingerprint density at radius 2 is 1.74 bits per heavy atom. The van der Waals surface area contributed by atoms with Gasteiger partial charge < -0.3 is 33.2 Å². The summed E-state index contributed by atoms with van der Waals surface area (Å²) in [7, 11) is 0. The van der Waals surface area contributed by atoms with Crippen molar-refractivity contribution in [2.75, 3.05) is 13.1 Å². The van der Waals surface area contributed by atoms with Crippen molar-refractivity contribution in [1.29, 1.82) is 0 Å². The number of rotatable bonds is 14. The highest BCUT2D eigenvalue weighted by Gasteiger charge is 2.20. The van der Waals surface area contributed by atoms with Crippen LogP contribution in [0, 0.1) is 5.92 Å². The summed E-state index contributed by atoms with van der Waals surface area (Å²) < 4.78 is 0. The standard InChI is InChI=1S/C18H35N9O4/c1-11(2)9-14(25-12(3)28)16(30)22-8-6-15(29)26-13(10-24-27-18(21)31)5-4-7-23-17(19)20/h10-11,13-14H,4-9H2,1-3H3,(H,22,30)(H,25,28)(H,26,29)(H4,19,20,23)(H3,21,27,31)/b24-10+/t13-,14-/m0/s1/i10+1. The van der Waals surface area contributed by atoms with Crippen LogP contribution in [0.15, 0.2) is 10.1 Å². The molecular weight excluding hydrogens is 407 g/mol. The fourth-order valence-electron chi connectivity index (χ4n) is 2.54. The van der Waals surface area contributed by atoms with Crippen LogP contribution in [0.25, 0.3) is 0 Å². The molecule has 0 aromatic heterocycles. The molecule has 0 aliphatic heterocycles. The third-order valence-corrected chi connectivity index (χ3v) is 3.80. The van der Waals surface area contributed by atoms with Crippen molar-refractivity contribution in [3.05, 3.63) is 0 Å². The van der Waals surface area contributed by atoms with E-state index in [-0.39, 0.29) is 42.6 Å². The predicted molar refractivity (Wildman–Crippen MR) is 118 cm³/mol. The monoisotopic (exact) mass is 442 g/mol. The Morgan fingerprint density at radius 3 is 2.29 bits per heavy atom. The van der Waals surface area contributed by atoms with E-state index in [0.717, 1.165) is 0 Å². The quantitative estimate of drug-likeness (QED) is 0.0542. The van der Waals surface area contributed by atoms with Gasteiger partial charge in [-0.25, -0.2) is 10.2 Å². The van der Waals surface area contributed by atoms with Crippen molar-refractivity contribution in [3.8, 4) is 0 Å². The molecule has 5 amide bonds. The Morgan fingerprint density at radius 1 is 1.06 bits per heavy atom. The zero-order valence-corrected chi connectivity index (χ0v) is 18.3. The molecule has 0 unspecified atom stereocenters. The first-order valence-corrected chi connectivity index (χ1v) is 9.99. The van der Waals surface area contributed by atoms with E-state index in [1.807, 2.05) is 13.8 Å². The summed E-state index contributed by atoms with van der Waals surface area (Å²) in [6.45, 7) is 5.68. The van der Waals surface area contributed by atoms with Gasteiger partial charge in [-0.2, -0.15) is 5.10 Å². The van der Waals surface area contributed by atoms with Gasteiger partial charge in [0.15, 0.2) is 5.96 Å². The van der Waals surface area contributed by atoms with Crippen LogP contribution >= 0.6 is 0 Å². The first-order chi connectivity index (χ1) is 14.5. The lowest BCUT2D eigenvalue weighted by Gasteiger charge is -2.19. The number of urea groups is 1. The fraction of sp³-hybridized carbons (Fsp3) is 0.667. The minimum Gasteiger partial charge on any atom is -0.370 e. The third-order valence-electron chi connectivity index (χ3n) is 3.80. The molecule has 0 aliphatic carbocycles. The number of guanidine groups is 1. The molecule has 0 aliphatic rings. The van der Waals surface area contributed by atoms with Crippen LogP contribution in [0.2, 0.25) is 0 Å². The van der Waals surface area contributed by atoms with Gasteiger partial charge in [0.05, 0.1) is 6.04 Å². The van der Waals surface area contributed by atoms with Gasteiger partial charge in [0.2, 0.25) is 17.7 Å². The predicted octanol–water partition coefficient (Wildman–Crippen LogP) is -1.76. The molecule has 31 heavy (non-hydrogen) atoms. The molecule has 10 N–H and O–H groups in total. The lowest BCUT2D eigenvalue weighted by molar-refractivity contribution is -0.128. The van der Waals surface area contributed by atoms with E-state index in [1.54, 1.807) is 0 Å². The molecule has 0 aromatic rings. The Balaban J connectivity index is 4.64. The number of nitrogens with zero attached hydrogens (tertiary/aromatic N) is 2. The maximum atomic E-state index is 12.3. The van der Waals surface area contributed by atoms with Crippen LogP contribution in [-0.4, -0.2) is 61.1 Å². The van der Waals surface area contributed by atoms with Crippen LogP contribution in [0.5, 0.6) is 0 Å². The molecule has 0 radical (unpaired) electrons. The second kappa shape index (κ2) is 15.5. The van der Waals surface area contributed by atoms with Crippen LogP contribution in [-0.2, 0) is 14.4 Å². The van der Waals surface area contributed by atoms with Crippen molar-refractivity contribution >= 4 is 35.9 Å². The van der Waals surface area contributed by atoms with Crippen LogP contribution in [0.3, 0.4) is 0 Å². The molecule has 0 spiro atoms. The minimum absolute atomic E-state index is 0.0156. The van der Waals surface area contributed by atoms with E-state index in [1.165, 1.54) is 13.1 Å². The van der Waals surface area contributed by atoms with E-state index in [4.69, 9.17) is 17.2 Å². The first-order valence-electron chi connectivity index (χ1n) is 9.99. The molecule has 0 heterocycles. The van der Waals surface area contributed by atoms with Gasteiger partial charge in [-0.15, -0.1) is 0 Å². The summed E-state index contributed by atoms with van der Waals surface area (Å²) in [6, 6.07) is -1.99. The summed E-state index contributed by atoms with van der Waals surface area (Å²) in [5, 5.41) is 11.7. The normalized spacial score (nSPS) is 12.6. The highest BCUT2D eigenvalue weighted by Crippen LogP contribution is 2.05. The second-order valence-corrected chi connectivity index (χ2v) is 7.30. The van der Waals surface area contributed by atoms with Gasteiger partial charge >= 0.3 is 6.03 Å². The molecule has 0 fully saturated rings. The van der Waals surface area contributed by atoms with E-state index in [2.05, 4.69) is 31.5 Å². The average Bonchev–Trinajstić information content (AvgIpc) is 2.63. The number of carbonyl (C=O) groups excluding carboxylic acids is 4. The van der Waals surface area contributed by atoms with Gasteiger partial charge in [-0.05, 0) is 25.2 Å². The highest BCUT2D eigenvalue weighted by atomic mass is 16.2. The number of aliphatic imine (C=N–C) groups is 1. The summed E-state index contributed by atoms with van der Waals surface area (Å²) in [5.41, 5.74) is 17.5. The maximum Gasteiger partial charge on any atom is 0.332 e. The van der Waals surface area contributed by atoms with Gasteiger partial charge in [-0.1, -0.05) is 13.8 Å². The number of amides is 5.